The summed E-state index contributed by atoms with van der Waals surface area (Å²) in [6.07, 6.45) is 2.84. The van der Waals surface area contributed by atoms with Crippen molar-refractivity contribution in [2.45, 2.75) is 45.3 Å². The maximum atomic E-state index is 14.4. The molecule has 5 heteroatoms. The second kappa shape index (κ2) is 7.65. The molecule has 1 N–H and O–H groups in total. The normalized spacial score (nSPS) is 17.8. The third kappa shape index (κ3) is 4.02. The summed E-state index contributed by atoms with van der Waals surface area (Å²) >= 11 is 3.15. The summed E-state index contributed by atoms with van der Waals surface area (Å²) in [6, 6.07) is 2.26. The van der Waals surface area contributed by atoms with Crippen LogP contribution in [0.15, 0.2) is 16.6 Å². The van der Waals surface area contributed by atoms with Crippen molar-refractivity contribution in [2.75, 3.05) is 13.2 Å². The van der Waals surface area contributed by atoms with E-state index in [9.17, 15) is 8.78 Å². The number of rotatable bonds is 8. The average molecular weight is 362 g/mol. The van der Waals surface area contributed by atoms with Crippen molar-refractivity contribution in [2.24, 2.45) is 5.92 Å². The Morgan fingerprint density at radius 1 is 1.33 bits per heavy atom. The molecule has 0 aromatic heterocycles. The lowest BCUT2D eigenvalue weighted by Gasteiger charge is -2.29. The van der Waals surface area contributed by atoms with Gasteiger partial charge in [0.25, 0.3) is 0 Å². The third-order valence-corrected chi connectivity index (χ3v) is 4.39. The summed E-state index contributed by atoms with van der Waals surface area (Å²) in [7, 11) is 0. The fourth-order valence-corrected chi connectivity index (χ4v) is 2.98. The molecule has 1 aromatic carbocycles. The second-order valence-electron chi connectivity index (χ2n) is 5.45. The Labute approximate surface area is 133 Å². The number of benzene rings is 1. The molecule has 2 unspecified atom stereocenters. The Kier molecular flexibility index (Phi) is 6.14. The summed E-state index contributed by atoms with van der Waals surface area (Å²) in [5.41, 5.74) is 0.0863. The van der Waals surface area contributed by atoms with Gasteiger partial charge in [0.2, 0.25) is 0 Å². The van der Waals surface area contributed by atoms with Crippen LogP contribution in [0.1, 0.15) is 44.7 Å². The van der Waals surface area contributed by atoms with Crippen molar-refractivity contribution in [3.8, 4) is 0 Å². The van der Waals surface area contributed by atoms with Gasteiger partial charge >= 0.3 is 0 Å². The van der Waals surface area contributed by atoms with E-state index in [1.165, 1.54) is 12.1 Å². The molecule has 2 rings (SSSR count). The lowest BCUT2D eigenvalue weighted by atomic mass is 9.96. The van der Waals surface area contributed by atoms with Crippen molar-refractivity contribution >= 4 is 15.9 Å². The van der Waals surface area contributed by atoms with Crippen molar-refractivity contribution < 1.29 is 13.5 Å². The van der Waals surface area contributed by atoms with Crippen LogP contribution in [-0.4, -0.2) is 19.3 Å². The van der Waals surface area contributed by atoms with Gasteiger partial charge in [0.1, 0.15) is 11.6 Å². The van der Waals surface area contributed by atoms with Crippen LogP contribution in [-0.2, 0) is 4.74 Å². The molecule has 118 valence electrons. The summed E-state index contributed by atoms with van der Waals surface area (Å²) in [6.45, 7) is 5.19. The van der Waals surface area contributed by atoms with E-state index in [0.717, 1.165) is 19.3 Å². The Morgan fingerprint density at radius 2 is 2.05 bits per heavy atom. The van der Waals surface area contributed by atoms with Crippen LogP contribution >= 0.6 is 15.9 Å². The van der Waals surface area contributed by atoms with Gasteiger partial charge in [0.15, 0.2) is 0 Å². The maximum absolute atomic E-state index is 14.4. The van der Waals surface area contributed by atoms with Gasteiger partial charge in [0, 0.05) is 12.2 Å². The molecule has 1 aliphatic carbocycles. The molecule has 0 spiro atoms. The predicted molar refractivity (Wildman–Crippen MR) is 83.2 cm³/mol. The van der Waals surface area contributed by atoms with E-state index >= 15 is 0 Å². The molecule has 1 saturated carbocycles. The van der Waals surface area contributed by atoms with Crippen LogP contribution in [0.3, 0.4) is 0 Å². The second-order valence-corrected chi connectivity index (χ2v) is 6.30. The minimum atomic E-state index is -0.533. The number of hydrogen-bond donors (Lipinski definition) is 1. The molecule has 1 fully saturated rings. The largest absolute Gasteiger partial charge is 0.376 e. The Hall–Kier alpha value is -0.520. The molecule has 1 aliphatic rings. The highest BCUT2D eigenvalue weighted by atomic mass is 79.9. The minimum Gasteiger partial charge on any atom is -0.376 e. The summed E-state index contributed by atoms with van der Waals surface area (Å²) in [4.78, 5) is 0. The van der Waals surface area contributed by atoms with E-state index < -0.39 is 17.7 Å². The monoisotopic (exact) mass is 361 g/mol. The first-order valence-electron chi connectivity index (χ1n) is 7.58. The summed E-state index contributed by atoms with van der Waals surface area (Å²) in [5, 5.41) is 3.28. The Balaban J connectivity index is 2.36. The van der Waals surface area contributed by atoms with E-state index in [4.69, 9.17) is 4.74 Å². The molecular formula is C16H22BrF2NO. The summed E-state index contributed by atoms with van der Waals surface area (Å²) in [5.74, 6) is -0.666. The molecule has 2 nitrogen and oxygen atoms in total. The highest BCUT2D eigenvalue weighted by molar-refractivity contribution is 9.10. The third-order valence-electron chi connectivity index (χ3n) is 3.78. The van der Waals surface area contributed by atoms with Gasteiger partial charge in [-0.3, -0.25) is 0 Å². The molecule has 2 atom stereocenters. The molecule has 0 heterocycles. The highest BCUT2D eigenvalue weighted by Crippen LogP contribution is 2.41. The predicted octanol–water partition coefficient (Wildman–Crippen LogP) is 4.58. The fraction of sp³-hybridized carbons (Fsp3) is 0.625. The zero-order chi connectivity index (χ0) is 15.4. The number of ether oxygens (including phenoxy) is 1. The molecule has 0 bridgehead atoms. The van der Waals surface area contributed by atoms with Crippen molar-refractivity contribution in [3.63, 3.8) is 0 Å². The molecule has 1 aromatic rings. The van der Waals surface area contributed by atoms with E-state index in [-0.39, 0.29) is 16.1 Å². The maximum Gasteiger partial charge on any atom is 0.145 e. The summed E-state index contributed by atoms with van der Waals surface area (Å²) < 4.78 is 34.8. The average Bonchev–Trinajstić information content (AvgIpc) is 3.29. The Morgan fingerprint density at radius 3 is 2.62 bits per heavy atom. The number of hydrogen-bond acceptors (Lipinski definition) is 2. The first kappa shape index (κ1) is 16.8. The SMILES string of the molecule is CCCNC(c1c(F)ccc(Br)c1F)C(OCC)C1CC1. The zero-order valence-corrected chi connectivity index (χ0v) is 14.1. The lowest BCUT2D eigenvalue weighted by Crippen LogP contribution is -2.37. The van der Waals surface area contributed by atoms with Gasteiger partial charge in [-0.15, -0.1) is 0 Å². The van der Waals surface area contributed by atoms with Gasteiger partial charge in [-0.25, -0.2) is 8.78 Å². The molecule has 0 radical (unpaired) electrons. The van der Waals surface area contributed by atoms with Crippen LogP contribution in [0.25, 0.3) is 0 Å². The van der Waals surface area contributed by atoms with E-state index in [1.54, 1.807) is 0 Å². The molecule has 0 amide bonds. The quantitative estimate of drug-likeness (QED) is 0.684. The smallest absolute Gasteiger partial charge is 0.145 e. The van der Waals surface area contributed by atoms with Crippen molar-refractivity contribution in [1.82, 2.24) is 5.32 Å². The van der Waals surface area contributed by atoms with Crippen LogP contribution in [0, 0.1) is 17.6 Å². The highest BCUT2D eigenvalue weighted by Gasteiger charge is 2.40. The van der Waals surface area contributed by atoms with Crippen LogP contribution in [0.5, 0.6) is 0 Å². The van der Waals surface area contributed by atoms with E-state index in [2.05, 4.69) is 21.2 Å². The van der Waals surface area contributed by atoms with Gasteiger partial charge in [0.05, 0.1) is 16.6 Å². The number of halogens is 3. The molecular weight excluding hydrogens is 340 g/mol. The minimum absolute atomic E-state index is 0.0863. The van der Waals surface area contributed by atoms with Crippen molar-refractivity contribution in [3.05, 3.63) is 33.8 Å². The Bertz CT molecular complexity index is 480. The van der Waals surface area contributed by atoms with Crippen LogP contribution in [0.4, 0.5) is 8.78 Å². The molecule has 21 heavy (non-hydrogen) atoms. The standard InChI is InChI=1S/C16H22BrF2NO/c1-3-9-20-15(16(21-4-2)10-5-6-10)13-12(18)8-7-11(17)14(13)19/h7-8,10,15-16,20H,3-6,9H2,1-2H3. The first-order valence-corrected chi connectivity index (χ1v) is 8.37. The van der Waals surface area contributed by atoms with E-state index in [0.29, 0.717) is 19.1 Å². The van der Waals surface area contributed by atoms with Gasteiger partial charge < -0.3 is 10.1 Å². The van der Waals surface area contributed by atoms with Crippen LogP contribution < -0.4 is 5.32 Å². The lowest BCUT2D eigenvalue weighted by molar-refractivity contribution is 0.0167. The van der Waals surface area contributed by atoms with Gasteiger partial charge in [-0.1, -0.05) is 6.92 Å². The van der Waals surface area contributed by atoms with Gasteiger partial charge in [-0.05, 0) is 66.7 Å². The number of nitrogens with one attached hydrogen (secondary N) is 1. The first-order chi connectivity index (χ1) is 10.1. The van der Waals surface area contributed by atoms with Crippen LogP contribution in [0.2, 0.25) is 0 Å². The molecule has 0 aliphatic heterocycles. The topological polar surface area (TPSA) is 21.3 Å². The zero-order valence-electron chi connectivity index (χ0n) is 12.5. The van der Waals surface area contributed by atoms with Crippen molar-refractivity contribution in [1.29, 1.82) is 0 Å². The molecule has 0 saturated heterocycles. The fourth-order valence-electron chi connectivity index (χ4n) is 2.63. The van der Waals surface area contributed by atoms with Gasteiger partial charge in [-0.2, -0.15) is 0 Å². The van der Waals surface area contributed by atoms with E-state index in [1.807, 2.05) is 13.8 Å².